The van der Waals surface area contributed by atoms with Crippen LogP contribution in [0.15, 0.2) is 52.2 Å². The smallest absolute Gasteiger partial charge is 0.245 e. The Morgan fingerprint density at radius 1 is 1.21 bits per heavy atom. The third-order valence-corrected chi connectivity index (χ3v) is 6.28. The molecule has 156 valence electrons. The number of nitrogens with one attached hydrogen (secondary N) is 1. The van der Waals surface area contributed by atoms with Gasteiger partial charge >= 0.3 is 0 Å². The van der Waals surface area contributed by atoms with Crippen LogP contribution in [-0.2, 0) is 16.0 Å². The molecule has 0 spiro atoms. The lowest BCUT2D eigenvalue weighted by atomic mass is 9.91. The number of benzene rings is 1. The Morgan fingerprint density at radius 2 is 1.90 bits per heavy atom. The second kappa shape index (κ2) is 10.2. The van der Waals surface area contributed by atoms with Gasteiger partial charge in [0.05, 0.1) is 18.3 Å². The number of piperidine rings is 1. The highest BCUT2D eigenvalue weighted by Crippen LogP contribution is 2.23. The van der Waals surface area contributed by atoms with E-state index in [9.17, 15) is 9.59 Å². The molecule has 3 rings (SSSR count). The third kappa shape index (κ3) is 6.54. The lowest BCUT2D eigenvalue weighted by molar-refractivity contribution is -0.138. The molecule has 2 aromatic rings. The van der Waals surface area contributed by atoms with Gasteiger partial charge in [0.15, 0.2) is 0 Å². The Labute approximate surface area is 181 Å². The number of furan rings is 1. The van der Waals surface area contributed by atoms with E-state index in [1.54, 1.807) is 24.7 Å². The molecule has 1 N–H and O–H groups in total. The van der Waals surface area contributed by atoms with Gasteiger partial charge in [0.2, 0.25) is 11.8 Å². The summed E-state index contributed by atoms with van der Waals surface area (Å²) in [4.78, 5) is 28.7. The van der Waals surface area contributed by atoms with Crippen LogP contribution in [0.5, 0.6) is 0 Å². The predicted molar refractivity (Wildman–Crippen MR) is 116 cm³/mol. The number of carbonyl (C=O) groups excluding carboxylic acids is 2. The van der Waals surface area contributed by atoms with E-state index in [4.69, 9.17) is 16.0 Å². The molecule has 5 nitrogen and oxygen atoms in total. The summed E-state index contributed by atoms with van der Waals surface area (Å²) in [5.41, 5.74) is 0.895. The lowest BCUT2D eigenvalue weighted by Gasteiger charge is -2.37. The number of amides is 2. The van der Waals surface area contributed by atoms with Crippen LogP contribution in [0.3, 0.4) is 0 Å². The molecule has 0 saturated carbocycles. The Hall–Kier alpha value is -1.92. The summed E-state index contributed by atoms with van der Waals surface area (Å²) < 4.78 is 5.14. The molecule has 1 fully saturated rings. The monoisotopic (exact) mass is 434 g/mol. The third-order valence-electron chi connectivity index (χ3n) is 5.02. The zero-order valence-corrected chi connectivity index (χ0v) is 18.3. The molecule has 2 heterocycles. The van der Waals surface area contributed by atoms with Crippen molar-refractivity contribution in [3.05, 3.63) is 53.4 Å². The van der Waals surface area contributed by atoms with E-state index in [2.05, 4.69) is 19.2 Å². The predicted octanol–water partition coefficient (Wildman–Crippen LogP) is 4.26. The molecular weight excluding hydrogens is 408 g/mol. The van der Waals surface area contributed by atoms with E-state index >= 15 is 0 Å². The Morgan fingerprint density at radius 3 is 2.52 bits per heavy atom. The van der Waals surface area contributed by atoms with Crippen LogP contribution in [0.1, 0.15) is 25.8 Å². The van der Waals surface area contributed by atoms with Crippen LogP contribution in [0, 0.1) is 11.8 Å². The van der Waals surface area contributed by atoms with Crippen molar-refractivity contribution < 1.29 is 14.0 Å². The first-order valence-corrected chi connectivity index (χ1v) is 11.2. The van der Waals surface area contributed by atoms with Gasteiger partial charge in [0.25, 0.3) is 0 Å². The van der Waals surface area contributed by atoms with Gasteiger partial charge in [-0.05, 0) is 54.2 Å². The fourth-order valence-corrected chi connectivity index (χ4v) is 4.66. The van der Waals surface area contributed by atoms with Gasteiger partial charge in [0, 0.05) is 29.4 Å². The molecule has 29 heavy (non-hydrogen) atoms. The van der Waals surface area contributed by atoms with Crippen LogP contribution in [0.4, 0.5) is 0 Å². The van der Waals surface area contributed by atoms with Crippen molar-refractivity contribution in [3.63, 3.8) is 0 Å². The van der Waals surface area contributed by atoms with Crippen LogP contribution in [0.25, 0.3) is 0 Å². The zero-order valence-electron chi connectivity index (χ0n) is 16.8. The number of thioether (sulfide) groups is 1. The number of hydrogen-bond donors (Lipinski definition) is 1. The second-order valence-corrected chi connectivity index (χ2v) is 9.37. The summed E-state index contributed by atoms with van der Waals surface area (Å²) in [5.74, 6) is 0.991. The number of carbonyl (C=O) groups is 2. The number of halogens is 1. The molecule has 0 radical (unpaired) electrons. The van der Waals surface area contributed by atoms with Crippen molar-refractivity contribution in [2.75, 3.05) is 18.8 Å². The van der Waals surface area contributed by atoms with Gasteiger partial charge < -0.3 is 14.6 Å². The maximum absolute atomic E-state index is 13.2. The number of rotatable bonds is 7. The molecule has 0 bridgehead atoms. The molecule has 7 heteroatoms. The summed E-state index contributed by atoms with van der Waals surface area (Å²) in [6.45, 7) is 5.81. The molecule has 1 aromatic carbocycles. The summed E-state index contributed by atoms with van der Waals surface area (Å²) >= 11 is 7.32. The van der Waals surface area contributed by atoms with Gasteiger partial charge in [-0.15, -0.1) is 11.8 Å². The largest absolute Gasteiger partial charge is 0.472 e. The highest BCUT2D eigenvalue weighted by atomic mass is 35.5. The quantitative estimate of drug-likeness (QED) is 0.661. The molecular formula is C22H27ClN2O3S. The Balaban J connectivity index is 1.63. The number of nitrogens with zero attached hydrogens (tertiary/aromatic N) is 1. The van der Waals surface area contributed by atoms with E-state index in [0.717, 1.165) is 30.0 Å². The average molecular weight is 435 g/mol. The Kier molecular flexibility index (Phi) is 7.67. The van der Waals surface area contributed by atoms with Gasteiger partial charge in [-0.1, -0.05) is 25.4 Å². The molecule has 1 saturated heterocycles. The average Bonchev–Trinajstić information content (AvgIpc) is 3.19. The summed E-state index contributed by atoms with van der Waals surface area (Å²) in [6, 6.07) is 8.59. The molecule has 2 amide bonds. The highest BCUT2D eigenvalue weighted by molar-refractivity contribution is 8.00. The van der Waals surface area contributed by atoms with Crippen LogP contribution < -0.4 is 5.32 Å². The summed E-state index contributed by atoms with van der Waals surface area (Å²) in [5, 5.41) is 3.61. The zero-order chi connectivity index (χ0) is 20.8. The van der Waals surface area contributed by atoms with Crippen LogP contribution in [0.2, 0.25) is 5.02 Å². The lowest BCUT2D eigenvalue weighted by Crippen LogP contribution is -2.53. The minimum Gasteiger partial charge on any atom is -0.472 e. The minimum atomic E-state index is -0.594. The SMILES string of the molecule is CC1CC(C)CN(C(=O)C(Cc2ccoc2)NC(=O)CSc2ccc(Cl)cc2)C1. The van der Waals surface area contributed by atoms with Crippen molar-refractivity contribution in [1.29, 1.82) is 0 Å². The maximum atomic E-state index is 13.2. The molecule has 1 aliphatic rings. The van der Waals surface area contributed by atoms with Gasteiger partial charge in [-0.3, -0.25) is 9.59 Å². The van der Waals surface area contributed by atoms with E-state index in [0.29, 0.717) is 23.3 Å². The minimum absolute atomic E-state index is 0.0190. The molecule has 1 aromatic heterocycles. The van der Waals surface area contributed by atoms with Crippen molar-refractivity contribution in [2.45, 2.75) is 37.6 Å². The van der Waals surface area contributed by atoms with Gasteiger partial charge in [-0.2, -0.15) is 0 Å². The van der Waals surface area contributed by atoms with Crippen molar-refractivity contribution in [3.8, 4) is 0 Å². The first-order chi connectivity index (χ1) is 13.9. The highest BCUT2D eigenvalue weighted by Gasteiger charge is 2.31. The van der Waals surface area contributed by atoms with Crippen molar-refractivity contribution >= 4 is 35.2 Å². The fraction of sp³-hybridized carbons (Fsp3) is 0.455. The number of likely N-dealkylation sites (tertiary alicyclic amines) is 1. The maximum Gasteiger partial charge on any atom is 0.245 e. The van der Waals surface area contributed by atoms with Crippen LogP contribution >= 0.6 is 23.4 Å². The van der Waals surface area contributed by atoms with E-state index < -0.39 is 6.04 Å². The van der Waals surface area contributed by atoms with Gasteiger partial charge in [0.1, 0.15) is 6.04 Å². The van der Waals surface area contributed by atoms with Crippen LogP contribution in [-0.4, -0.2) is 41.6 Å². The Bertz CT molecular complexity index is 800. The molecule has 3 atom stereocenters. The molecule has 0 aliphatic carbocycles. The van der Waals surface area contributed by atoms with E-state index in [1.165, 1.54) is 11.8 Å². The van der Waals surface area contributed by atoms with Gasteiger partial charge in [-0.25, -0.2) is 0 Å². The standard InChI is InChI=1S/C22H27ClN2O3S/c1-15-9-16(2)12-25(11-15)22(27)20(10-17-7-8-28-13-17)24-21(26)14-29-19-5-3-18(23)4-6-19/h3-8,13,15-16,20H,9-12,14H2,1-2H3,(H,24,26). The molecule has 1 aliphatic heterocycles. The first kappa shape index (κ1) is 21.8. The topological polar surface area (TPSA) is 62.6 Å². The molecule has 3 unspecified atom stereocenters. The van der Waals surface area contributed by atoms with Crippen molar-refractivity contribution in [2.24, 2.45) is 11.8 Å². The van der Waals surface area contributed by atoms with E-state index in [1.807, 2.05) is 23.1 Å². The second-order valence-electron chi connectivity index (χ2n) is 7.89. The fourth-order valence-electron chi connectivity index (χ4n) is 3.82. The van der Waals surface area contributed by atoms with Crippen molar-refractivity contribution in [1.82, 2.24) is 10.2 Å². The summed E-state index contributed by atoms with van der Waals surface area (Å²) in [6.07, 6.45) is 4.75. The first-order valence-electron chi connectivity index (χ1n) is 9.88. The normalized spacial score (nSPS) is 20.3. The number of hydrogen-bond acceptors (Lipinski definition) is 4. The van der Waals surface area contributed by atoms with E-state index in [-0.39, 0.29) is 17.6 Å². The summed E-state index contributed by atoms with van der Waals surface area (Å²) in [7, 11) is 0.